The number of carbonyl (C=O) groups is 1. The Kier molecular flexibility index (Phi) is 6.64. The van der Waals surface area contributed by atoms with Crippen LogP contribution in [0.1, 0.15) is 31.0 Å². The smallest absolute Gasteiger partial charge is 0.338 e. The fourth-order valence-electron chi connectivity index (χ4n) is 4.67. The molecule has 4 aromatic rings. The summed E-state index contributed by atoms with van der Waals surface area (Å²) < 4.78 is 12.3. The second kappa shape index (κ2) is 10.1. The van der Waals surface area contributed by atoms with Crippen molar-refractivity contribution in [2.24, 2.45) is 4.99 Å². The first-order valence-corrected chi connectivity index (χ1v) is 12.7. The SMILES string of the molecule is CCOC(=O)C1=C(C)N=c2s/c(=C/c3ccc(OC)c([N+](=O)[O-])c3)c(=O)n2[C@H]1c1cccc2ccccc12. The van der Waals surface area contributed by atoms with Gasteiger partial charge in [-0.15, -0.1) is 0 Å². The highest BCUT2D eigenvalue weighted by Crippen LogP contribution is 2.35. The van der Waals surface area contributed by atoms with Crippen molar-refractivity contribution >= 4 is 39.8 Å². The molecule has 0 saturated heterocycles. The van der Waals surface area contributed by atoms with E-state index in [9.17, 15) is 19.7 Å². The van der Waals surface area contributed by atoms with E-state index in [-0.39, 0.29) is 23.6 Å². The van der Waals surface area contributed by atoms with E-state index >= 15 is 0 Å². The van der Waals surface area contributed by atoms with Crippen molar-refractivity contribution in [3.63, 3.8) is 0 Å². The Hall–Kier alpha value is -4.57. The van der Waals surface area contributed by atoms with Crippen LogP contribution in [-0.4, -0.2) is 29.2 Å². The number of nitro groups is 1. The van der Waals surface area contributed by atoms with Gasteiger partial charge in [0, 0.05) is 6.07 Å². The van der Waals surface area contributed by atoms with Crippen LogP contribution in [0.15, 0.2) is 81.7 Å². The number of rotatable bonds is 6. The summed E-state index contributed by atoms with van der Waals surface area (Å²) >= 11 is 1.16. The van der Waals surface area contributed by atoms with Gasteiger partial charge in [-0.05, 0) is 47.9 Å². The second-order valence-corrected chi connectivity index (χ2v) is 9.57. The first kappa shape index (κ1) is 25.1. The number of nitrogens with zero attached hydrogens (tertiary/aromatic N) is 3. The summed E-state index contributed by atoms with van der Waals surface area (Å²) in [6, 6.07) is 17.2. The van der Waals surface area contributed by atoms with Crippen LogP contribution in [0.4, 0.5) is 5.69 Å². The molecule has 0 amide bonds. The molecule has 3 aromatic carbocycles. The fourth-order valence-corrected chi connectivity index (χ4v) is 5.71. The maximum atomic E-state index is 13.9. The number of allylic oxidation sites excluding steroid dienone is 1. The molecule has 0 spiro atoms. The fraction of sp³-hybridized carbons (Fsp3) is 0.179. The Morgan fingerprint density at radius 2 is 1.95 bits per heavy atom. The lowest BCUT2D eigenvalue weighted by molar-refractivity contribution is -0.385. The zero-order valence-corrected chi connectivity index (χ0v) is 21.7. The molecule has 0 N–H and O–H groups in total. The van der Waals surface area contributed by atoms with Gasteiger partial charge in [0.15, 0.2) is 10.6 Å². The average molecular weight is 530 g/mol. The Bertz CT molecular complexity index is 1810. The van der Waals surface area contributed by atoms with Crippen LogP contribution in [0, 0.1) is 10.1 Å². The molecule has 1 aromatic heterocycles. The molecular formula is C28H23N3O6S. The molecule has 0 radical (unpaired) electrons. The van der Waals surface area contributed by atoms with Crippen molar-refractivity contribution in [3.05, 3.63) is 113 Å². The summed E-state index contributed by atoms with van der Waals surface area (Å²) in [5.41, 5.74) is 1.43. The van der Waals surface area contributed by atoms with Gasteiger partial charge in [-0.1, -0.05) is 59.9 Å². The highest BCUT2D eigenvalue weighted by atomic mass is 32.1. The van der Waals surface area contributed by atoms with Gasteiger partial charge in [0.05, 0.1) is 40.5 Å². The van der Waals surface area contributed by atoms with Gasteiger partial charge in [0.2, 0.25) is 0 Å². The molecule has 10 heteroatoms. The molecule has 38 heavy (non-hydrogen) atoms. The van der Waals surface area contributed by atoms with Crippen molar-refractivity contribution in [2.75, 3.05) is 13.7 Å². The molecule has 0 saturated carbocycles. The molecule has 9 nitrogen and oxygen atoms in total. The molecule has 1 aliphatic heterocycles. The van der Waals surface area contributed by atoms with Crippen LogP contribution >= 0.6 is 11.3 Å². The van der Waals surface area contributed by atoms with Crippen LogP contribution in [0.2, 0.25) is 0 Å². The number of methoxy groups -OCH3 is 1. The van der Waals surface area contributed by atoms with Crippen molar-refractivity contribution in [3.8, 4) is 5.75 Å². The monoisotopic (exact) mass is 529 g/mol. The normalized spacial score (nSPS) is 15.2. The summed E-state index contributed by atoms with van der Waals surface area (Å²) in [6.07, 6.45) is 1.58. The molecule has 2 heterocycles. The number of hydrogen-bond donors (Lipinski definition) is 0. The summed E-state index contributed by atoms with van der Waals surface area (Å²) in [6.45, 7) is 3.64. The Morgan fingerprint density at radius 1 is 1.18 bits per heavy atom. The maximum absolute atomic E-state index is 13.9. The van der Waals surface area contributed by atoms with Crippen molar-refractivity contribution in [1.82, 2.24) is 4.57 Å². The molecule has 192 valence electrons. The standard InChI is InChI=1S/C28H23N3O6S/c1-4-37-27(33)24-16(2)29-28-30(25(24)20-11-7-9-18-8-5-6-10-19(18)20)26(32)23(38-28)15-17-12-13-22(36-3)21(14-17)31(34)35/h5-15,25H,4H2,1-3H3/b23-15+/t25-/m0/s1. The third-order valence-corrected chi connectivity index (χ3v) is 7.32. The number of hydrogen-bond acceptors (Lipinski definition) is 8. The molecule has 0 bridgehead atoms. The lowest BCUT2D eigenvalue weighted by atomic mass is 9.91. The van der Waals surface area contributed by atoms with Gasteiger partial charge in [0.1, 0.15) is 0 Å². The third-order valence-electron chi connectivity index (χ3n) is 6.33. The first-order valence-electron chi connectivity index (χ1n) is 11.8. The molecule has 0 fully saturated rings. The van der Waals surface area contributed by atoms with Gasteiger partial charge in [-0.25, -0.2) is 9.79 Å². The molecule has 0 unspecified atom stereocenters. The highest BCUT2D eigenvalue weighted by molar-refractivity contribution is 7.07. The number of esters is 1. The van der Waals surface area contributed by atoms with E-state index < -0.39 is 16.9 Å². The first-order chi connectivity index (χ1) is 18.3. The van der Waals surface area contributed by atoms with Gasteiger partial charge < -0.3 is 9.47 Å². The lowest BCUT2D eigenvalue weighted by Gasteiger charge is -2.25. The van der Waals surface area contributed by atoms with Crippen LogP contribution in [0.5, 0.6) is 5.75 Å². The van der Waals surface area contributed by atoms with Crippen LogP contribution in [0.3, 0.4) is 0 Å². The summed E-state index contributed by atoms with van der Waals surface area (Å²) in [7, 11) is 1.36. The lowest BCUT2D eigenvalue weighted by Crippen LogP contribution is -2.40. The molecule has 1 atom stereocenters. The van der Waals surface area contributed by atoms with Crippen LogP contribution in [-0.2, 0) is 9.53 Å². The number of fused-ring (bicyclic) bond motifs is 2. The van der Waals surface area contributed by atoms with E-state index in [1.165, 1.54) is 23.8 Å². The minimum atomic E-state index is -0.760. The average Bonchev–Trinajstić information content (AvgIpc) is 3.21. The third kappa shape index (κ3) is 4.28. The predicted octanol–water partition coefficient (Wildman–Crippen LogP) is 3.87. The van der Waals surface area contributed by atoms with Crippen molar-refractivity contribution < 1.29 is 19.2 Å². The summed E-state index contributed by atoms with van der Waals surface area (Å²) in [4.78, 5) is 43.0. The molecule has 5 rings (SSSR count). The van der Waals surface area contributed by atoms with Crippen molar-refractivity contribution in [2.45, 2.75) is 19.9 Å². The zero-order chi connectivity index (χ0) is 27.0. The van der Waals surface area contributed by atoms with Crippen molar-refractivity contribution in [1.29, 1.82) is 0 Å². The van der Waals surface area contributed by atoms with Crippen LogP contribution < -0.4 is 19.6 Å². The predicted molar refractivity (Wildman–Crippen MR) is 144 cm³/mol. The van der Waals surface area contributed by atoms with Gasteiger partial charge in [0.25, 0.3) is 5.56 Å². The van der Waals surface area contributed by atoms with Gasteiger partial charge in [-0.2, -0.15) is 0 Å². The minimum absolute atomic E-state index is 0.124. The Balaban J connectivity index is 1.77. The van der Waals surface area contributed by atoms with E-state index in [0.29, 0.717) is 26.2 Å². The van der Waals surface area contributed by atoms with E-state index in [2.05, 4.69) is 4.99 Å². The van der Waals surface area contributed by atoms with E-state index in [1.54, 1.807) is 26.0 Å². The second-order valence-electron chi connectivity index (χ2n) is 8.56. The quantitative estimate of drug-likeness (QED) is 0.213. The number of nitro benzene ring substituents is 1. The summed E-state index contributed by atoms with van der Waals surface area (Å²) in [5.74, 6) is -0.411. The van der Waals surface area contributed by atoms with Gasteiger partial charge in [-0.3, -0.25) is 19.5 Å². The zero-order valence-electron chi connectivity index (χ0n) is 20.8. The largest absolute Gasteiger partial charge is 0.490 e. The van der Waals surface area contributed by atoms with E-state index in [0.717, 1.165) is 27.7 Å². The van der Waals surface area contributed by atoms with Gasteiger partial charge >= 0.3 is 11.7 Å². The number of carbonyl (C=O) groups excluding carboxylic acids is 1. The molecular weight excluding hydrogens is 506 g/mol. The number of thiazole rings is 1. The Morgan fingerprint density at radius 3 is 2.68 bits per heavy atom. The summed E-state index contributed by atoms with van der Waals surface area (Å²) in [5, 5.41) is 13.4. The Labute approximate surface area is 220 Å². The van der Waals surface area contributed by atoms with E-state index in [1.807, 2.05) is 42.5 Å². The topological polar surface area (TPSA) is 113 Å². The minimum Gasteiger partial charge on any atom is -0.490 e. The highest BCUT2D eigenvalue weighted by Gasteiger charge is 2.34. The molecule has 1 aliphatic rings. The number of ether oxygens (including phenoxy) is 2. The molecule has 0 aliphatic carbocycles. The maximum Gasteiger partial charge on any atom is 0.338 e. The number of benzene rings is 3. The number of aromatic nitrogens is 1. The van der Waals surface area contributed by atoms with Crippen LogP contribution in [0.25, 0.3) is 16.8 Å². The van der Waals surface area contributed by atoms with E-state index in [4.69, 9.17) is 9.47 Å².